The van der Waals surface area contributed by atoms with Gasteiger partial charge in [0.2, 0.25) is 0 Å². The topological polar surface area (TPSA) is 35.5 Å². The Morgan fingerprint density at radius 3 is 2.53 bits per heavy atom. The van der Waals surface area contributed by atoms with Crippen LogP contribution in [-0.2, 0) is 4.79 Å². The summed E-state index contributed by atoms with van der Waals surface area (Å²) in [5, 5.41) is 0. The van der Waals surface area contributed by atoms with Gasteiger partial charge in [0.25, 0.3) is 0 Å². The molecule has 1 rings (SSSR count). The third-order valence-corrected chi connectivity index (χ3v) is 3.51. The van der Waals surface area contributed by atoms with Crippen LogP contribution in [0.15, 0.2) is 10.5 Å². The second-order valence-electron chi connectivity index (χ2n) is 3.94. The smallest absolute Gasteiger partial charge is 0.163 e. The predicted octanol–water partition coefficient (Wildman–Crippen LogP) is 3.47. The van der Waals surface area contributed by atoms with Crippen LogP contribution in [0.25, 0.3) is 0 Å². The zero-order valence-corrected chi connectivity index (χ0v) is 12.1. The van der Waals surface area contributed by atoms with Crippen LogP contribution >= 0.6 is 15.9 Å². The molecule has 0 saturated carbocycles. The van der Waals surface area contributed by atoms with E-state index in [0.717, 1.165) is 27.6 Å². The molecule has 0 heterocycles. The fraction of sp³-hybridized carbons (Fsp3) is 0.462. The molecule has 0 bridgehead atoms. The number of hydrogen-bond acceptors (Lipinski definition) is 3. The van der Waals surface area contributed by atoms with E-state index in [-0.39, 0.29) is 5.92 Å². The molecule has 0 spiro atoms. The van der Waals surface area contributed by atoms with Crippen LogP contribution in [0.1, 0.15) is 30.4 Å². The van der Waals surface area contributed by atoms with Crippen LogP contribution in [-0.4, -0.2) is 20.5 Å². The minimum absolute atomic E-state index is 0.154. The van der Waals surface area contributed by atoms with Crippen molar-refractivity contribution in [3.05, 3.63) is 21.7 Å². The van der Waals surface area contributed by atoms with Gasteiger partial charge in [-0.2, -0.15) is 0 Å². The fourth-order valence-corrected chi connectivity index (χ4v) is 2.91. The van der Waals surface area contributed by atoms with Crippen molar-refractivity contribution < 1.29 is 14.3 Å². The number of rotatable bonds is 5. The lowest BCUT2D eigenvalue weighted by atomic mass is 9.93. The maximum atomic E-state index is 10.6. The number of ether oxygens (including phenoxy) is 2. The quantitative estimate of drug-likeness (QED) is 0.781. The van der Waals surface area contributed by atoms with Crippen molar-refractivity contribution in [3.63, 3.8) is 0 Å². The van der Waals surface area contributed by atoms with Crippen molar-refractivity contribution in [1.82, 2.24) is 0 Å². The van der Waals surface area contributed by atoms with Gasteiger partial charge < -0.3 is 14.3 Å². The number of halogens is 1. The second-order valence-corrected chi connectivity index (χ2v) is 4.79. The number of hydrogen-bond donors (Lipinski definition) is 0. The first-order chi connectivity index (χ1) is 8.06. The summed E-state index contributed by atoms with van der Waals surface area (Å²) >= 11 is 3.52. The lowest BCUT2D eigenvalue weighted by Gasteiger charge is -2.19. The van der Waals surface area contributed by atoms with E-state index < -0.39 is 0 Å². The molecule has 0 saturated heterocycles. The molecule has 17 heavy (non-hydrogen) atoms. The van der Waals surface area contributed by atoms with E-state index in [9.17, 15) is 4.79 Å². The molecule has 0 aliphatic carbocycles. The zero-order valence-electron chi connectivity index (χ0n) is 10.5. The van der Waals surface area contributed by atoms with Gasteiger partial charge in [0, 0.05) is 10.9 Å². The molecule has 0 fully saturated rings. The number of carbonyl (C=O) groups excluding carboxylic acids is 1. The summed E-state index contributed by atoms with van der Waals surface area (Å²) in [7, 11) is 3.23. The lowest BCUT2D eigenvalue weighted by molar-refractivity contribution is -0.108. The number of aldehydes is 1. The molecule has 94 valence electrons. The van der Waals surface area contributed by atoms with Crippen LogP contribution < -0.4 is 9.47 Å². The van der Waals surface area contributed by atoms with E-state index in [1.807, 2.05) is 19.9 Å². The molecule has 1 atom stereocenters. The predicted molar refractivity (Wildman–Crippen MR) is 71.1 cm³/mol. The van der Waals surface area contributed by atoms with Gasteiger partial charge in [0.1, 0.15) is 6.29 Å². The van der Waals surface area contributed by atoms with E-state index in [1.165, 1.54) is 0 Å². The molecule has 0 aliphatic heterocycles. The summed E-state index contributed by atoms with van der Waals surface area (Å²) in [5.74, 6) is 1.57. The van der Waals surface area contributed by atoms with Gasteiger partial charge in [0.15, 0.2) is 11.5 Å². The Morgan fingerprint density at radius 2 is 2.06 bits per heavy atom. The molecular formula is C13H17BrO3. The monoisotopic (exact) mass is 300 g/mol. The first-order valence-corrected chi connectivity index (χ1v) is 6.20. The highest BCUT2D eigenvalue weighted by Crippen LogP contribution is 2.41. The van der Waals surface area contributed by atoms with Crippen LogP contribution in [0, 0.1) is 6.92 Å². The third kappa shape index (κ3) is 2.80. The van der Waals surface area contributed by atoms with Gasteiger partial charge in [-0.25, -0.2) is 0 Å². The largest absolute Gasteiger partial charge is 0.493 e. The molecule has 0 amide bonds. The van der Waals surface area contributed by atoms with E-state index in [0.29, 0.717) is 12.2 Å². The first-order valence-electron chi connectivity index (χ1n) is 5.41. The van der Waals surface area contributed by atoms with E-state index >= 15 is 0 Å². The summed E-state index contributed by atoms with van der Waals surface area (Å²) in [4.78, 5) is 10.6. The summed E-state index contributed by atoms with van der Waals surface area (Å²) in [5.41, 5.74) is 2.10. The van der Waals surface area contributed by atoms with Gasteiger partial charge in [-0.15, -0.1) is 0 Å². The molecule has 1 aromatic rings. The second kappa shape index (κ2) is 6.05. The lowest BCUT2D eigenvalue weighted by Crippen LogP contribution is -2.03. The minimum Gasteiger partial charge on any atom is -0.493 e. The highest BCUT2D eigenvalue weighted by Gasteiger charge is 2.19. The van der Waals surface area contributed by atoms with Crippen LogP contribution in [0.5, 0.6) is 11.5 Å². The van der Waals surface area contributed by atoms with Crippen LogP contribution in [0.4, 0.5) is 0 Å². The Bertz CT molecular complexity index is 416. The fourth-order valence-electron chi connectivity index (χ4n) is 2.02. The van der Waals surface area contributed by atoms with Crippen molar-refractivity contribution in [2.45, 2.75) is 26.2 Å². The molecule has 1 aromatic carbocycles. The van der Waals surface area contributed by atoms with Crippen LogP contribution in [0.3, 0.4) is 0 Å². The highest BCUT2D eigenvalue weighted by molar-refractivity contribution is 9.10. The molecule has 0 aliphatic rings. The highest BCUT2D eigenvalue weighted by atomic mass is 79.9. The van der Waals surface area contributed by atoms with Gasteiger partial charge in [0.05, 0.1) is 14.2 Å². The van der Waals surface area contributed by atoms with Gasteiger partial charge in [-0.1, -0.05) is 22.9 Å². The Labute approximate surface area is 110 Å². The Hall–Kier alpha value is -1.03. The Morgan fingerprint density at radius 1 is 1.41 bits per heavy atom. The third-order valence-electron chi connectivity index (χ3n) is 2.85. The Balaban J connectivity index is 3.35. The van der Waals surface area contributed by atoms with Crippen molar-refractivity contribution in [2.24, 2.45) is 0 Å². The SMILES string of the molecule is COc1cc(Br)c(C(C)CC=O)c(C)c1OC. The molecule has 0 aromatic heterocycles. The van der Waals surface area contributed by atoms with Gasteiger partial charge in [-0.05, 0) is 30.0 Å². The summed E-state index contributed by atoms with van der Waals surface area (Å²) < 4.78 is 11.6. The first kappa shape index (κ1) is 14.0. The van der Waals surface area contributed by atoms with Crippen molar-refractivity contribution >= 4 is 22.2 Å². The summed E-state index contributed by atoms with van der Waals surface area (Å²) in [6.45, 7) is 4.00. The number of benzene rings is 1. The average Bonchev–Trinajstić information content (AvgIpc) is 2.28. The van der Waals surface area contributed by atoms with E-state index in [1.54, 1.807) is 14.2 Å². The molecular weight excluding hydrogens is 284 g/mol. The average molecular weight is 301 g/mol. The summed E-state index contributed by atoms with van der Waals surface area (Å²) in [6, 6.07) is 1.88. The van der Waals surface area contributed by atoms with Crippen molar-refractivity contribution in [2.75, 3.05) is 14.2 Å². The molecule has 0 N–H and O–H groups in total. The van der Waals surface area contributed by atoms with E-state index in [4.69, 9.17) is 9.47 Å². The normalized spacial score (nSPS) is 12.1. The molecule has 4 heteroatoms. The van der Waals surface area contributed by atoms with Crippen LogP contribution in [0.2, 0.25) is 0 Å². The maximum absolute atomic E-state index is 10.6. The molecule has 0 radical (unpaired) electrons. The molecule has 1 unspecified atom stereocenters. The zero-order chi connectivity index (χ0) is 13.0. The number of methoxy groups -OCH3 is 2. The minimum atomic E-state index is 0.154. The van der Waals surface area contributed by atoms with Crippen molar-refractivity contribution in [1.29, 1.82) is 0 Å². The molecule has 3 nitrogen and oxygen atoms in total. The standard InChI is InChI=1S/C13H17BrO3/c1-8(5-6-15)12-9(2)13(17-4)11(16-3)7-10(12)14/h6-8H,5H2,1-4H3. The number of carbonyl (C=O) groups is 1. The summed E-state index contributed by atoms with van der Waals surface area (Å²) in [6.07, 6.45) is 1.43. The van der Waals surface area contributed by atoms with Gasteiger partial charge in [-0.3, -0.25) is 0 Å². The maximum Gasteiger partial charge on any atom is 0.163 e. The van der Waals surface area contributed by atoms with Gasteiger partial charge >= 0.3 is 0 Å². The Kier molecular flexibility index (Phi) is 5.00. The van der Waals surface area contributed by atoms with Crippen molar-refractivity contribution in [3.8, 4) is 11.5 Å². The van der Waals surface area contributed by atoms with E-state index in [2.05, 4.69) is 15.9 Å².